The number of carbonyl (C=O) groups is 1. The Balaban J connectivity index is 1.92. The zero-order chi connectivity index (χ0) is 10.0. The van der Waals surface area contributed by atoms with Crippen LogP contribution in [0.3, 0.4) is 0 Å². The molecule has 1 heterocycles. The van der Waals surface area contributed by atoms with E-state index in [0.29, 0.717) is 13.0 Å². The van der Waals surface area contributed by atoms with Gasteiger partial charge in [-0.1, -0.05) is 30.3 Å². The first-order valence-corrected chi connectivity index (χ1v) is 4.64. The summed E-state index contributed by atoms with van der Waals surface area (Å²) in [6, 6.07) is 9.85. The number of hydrogen-bond donors (Lipinski definition) is 1. The molecule has 0 saturated carbocycles. The Labute approximate surface area is 82.3 Å². The zero-order valence-electron chi connectivity index (χ0n) is 7.77. The molecule has 0 spiro atoms. The Hall–Kier alpha value is -1.35. The van der Waals surface area contributed by atoms with Crippen molar-refractivity contribution < 1.29 is 14.6 Å². The SMILES string of the molecule is O=C(O)C1(CCc2ccccc2)CO1. The van der Waals surface area contributed by atoms with E-state index in [0.717, 1.165) is 12.0 Å². The number of ether oxygens (including phenoxy) is 1. The van der Waals surface area contributed by atoms with Crippen LogP contribution in [0.25, 0.3) is 0 Å². The van der Waals surface area contributed by atoms with Gasteiger partial charge in [-0.05, 0) is 18.4 Å². The largest absolute Gasteiger partial charge is 0.479 e. The molecule has 0 bridgehead atoms. The molecule has 1 aromatic rings. The second-order valence-corrected chi connectivity index (χ2v) is 3.57. The molecule has 0 amide bonds. The van der Waals surface area contributed by atoms with Gasteiger partial charge in [-0.15, -0.1) is 0 Å². The highest BCUT2D eigenvalue weighted by atomic mass is 16.6. The first kappa shape index (κ1) is 9.21. The van der Waals surface area contributed by atoms with Crippen LogP contribution in [0.1, 0.15) is 12.0 Å². The van der Waals surface area contributed by atoms with E-state index in [9.17, 15) is 4.79 Å². The summed E-state index contributed by atoms with van der Waals surface area (Å²) in [7, 11) is 0. The molecule has 1 aliphatic heterocycles. The number of epoxide rings is 1. The van der Waals surface area contributed by atoms with Crippen molar-refractivity contribution in [2.45, 2.75) is 18.4 Å². The average molecular weight is 192 g/mol. The van der Waals surface area contributed by atoms with Gasteiger partial charge in [-0.3, -0.25) is 0 Å². The molecule has 3 heteroatoms. The van der Waals surface area contributed by atoms with Crippen molar-refractivity contribution >= 4 is 5.97 Å². The minimum Gasteiger partial charge on any atom is -0.479 e. The maximum Gasteiger partial charge on any atom is 0.338 e. The Morgan fingerprint density at radius 2 is 2.07 bits per heavy atom. The topological polar surface area (TPSA) is 49.8 Å². The number of carboxylic acid groups (broad SMARTS) is 1. The molecule has 14 heavy (non-hydrogen) atoms. The first-order valence-electron chi connectivity index (χ1n) is 4.64. The minimum absolute atomic E-state index is 0.356. The van der Waals surface area contributed by atoms with E-state index in [1.54, 1.807) is 0 Å². The third-order valence-electron chi connectivity index (χ3n) is 2.54. The Bertz CT molecular complexity index is 328. The highest BCUT2D eigenvalue weighted by Gasteiger charge is 2.51. The van der Waals surface area contributed by atoms with Gasteiger partial charge in [-0.2, -0.15) is 0 Å². The monoisotopic (exact) mass is 192 g/mol. The summed E-state index contributed by atoms with van der Waals surface area (Å²) >= 11 is 0. The Kier molecular flexibility index (Phi) is 2.25. The van der Waals surface area contributed by atoms with Crippen LogP contribution in [0, 0.1) is 0 Å². The van der Waals surface area contributed by atoms with Crippen molar-refractivity contribution in [2.75, 3.05) is 6.61 Å². The van der Waals surface area contributed by atoms with Gasteiger partial charge in [0.15, 0.2) is 5.60 Å². The molecular formula is C11H12O3. The third kappa shape index (κ3) is 1.77. The van der Waals surface area contributed by atoms with E-state index >= 15 is 0 Å². The van der Waals surface area contributed by atoms with Crippen LogP contribution in [0.5, 0.6) is 0 Å². The van der Waals surface area contributed by atoms with E-state index < -0.39 is 11.6 Å². The van der Waals surface area contributed by atoms with Gasteiger partial charge in [0.2, 0.25) is 0 Å². The normalized spacial score (nSPS) is 24.6. The average Bonchev–Trinajstić information content (AvgIpc) is 2.97. The lowest BCUT2D eigenvalue weighted by molar-refractivity contribution is -0.143. The van der Waals surface area contributed by atoms with Crippen LogP contribution in [-0.4, -0.2) is 23.3 Å². The van der Waals surface area contributed by atoms with Crippen molar-refractivity contribution in [3.63, 3.8) is 0 Å². The second kappa shape index (κ2) is 3.42. The summed E-state index contributed by atoms with van der Waals surface area (Å²) in [4.78, 5) is 10.8. The molecule has 1 saturated heterocycles. The van der Waals surface area contributed by atoms with Crippen LogP contribution < -0.4 is 0 Å². The van der Waals surface area contributed by atoms with E-state index in [-0.39, 0.29) is 0 Å². The molecule has 2 rings (SSSR count). The summed E-state index contributed by atoms with van der Waals surface area (Å²) in [5, 5.41) is 8.86. The summed E-state index contributed by atoms with van der Waals surface area (Å²) < 4.78 is 4.98. The molecular weight excluding hydrogens is 180 g/mol. The van der Waals surface area contributed by atoms with Gasteiger partial charge in [0.05, 0.1) is 6.61 Å². The lowest BCUT2D eigenvalue weighted by Crippen LogP contribution is -2.24. The Morgan fingerprint density at radius 1 is 1.43 bits per heavy atom. The fourth-order valence-corrected chi connectivity index (χ4v) is 1.45. The molecule has 1 N–H and O–H groups in total. The van der Waals surface area contributed by atoms with Gasteiger partial charge in [0, 0.05) is 0 Å². The zero-order valence-corrected chi connectivity index (χ0v) is 7.77. The highest BCUT2D eigenvalue weighted by Crippen LogP contribution is 2.32. The number of carboxylic acids is 1. The summed E-state index contributed by atoms with van der Waals surface area (Å²) in [5.74, 6) is -0.839. The van der Waals surface area contributed by atoms with Crippen LogP contribution >= 0.6 is 0 Å². The number of aliphatic carboxylic acids is 1. The number of benzene rings is 1. The highest BCUT2D eigenvalue weighted by molar-refractivity contribution is 5.80. The van der Waals surface area contributed by atoms with E-state index in [4.69, 9.17) is 9.84 Å². The summed E-state index contributed by atoms with van der Waals surface area (Å²) in [6.07, 6.45) is 1.32. The van der Waals surface area contributed by atoms with Crippen molar-refractivity contribution in [2.24, 2.45) is 0 Å². The van der Waals surface area contributed by atoms with Crippen LogP contribution in [-0.2, 0) is 16.0 Å². The molecule has 1 aliphatic rings. The fraction of sp³-hybridized carbons (Fsp3) is 0.364. The predicted molar refractivity (Wildman–Crippen MR) is 51.1 cm³/mol. The van der Waals surface area contributed by atoms with Gasteiger partial charge >= 0.3 is 5.97 Å². The van der Waals surface area contributed by atoms with E-state index in [1.165, 1.54) is 0 Å². The lowest BCUT2D eigenvalue weighted by Gasteiger charge is -2.05. The smallest absolute Gasteiger partial charge is 0.338 e. The van der Waals surface area contributed by atoms with E-state index in [2.05, 4.69) is 0 Å². The van der Waals surface area contributed by atoms with Crippen molar-refractivity contribution in [3.05, 3.63) is 35.9 Å². The maximum absolute atomic E-state index is 10.8. The van der Waals surface area contributed by atoms with Crippen molar-refractivity contribution in [1.82, 2.24) is 0 Å². The molecule has 1 fully saturated rings. The number of aryl methyl sites for hydroxylation is 1. The number of hydrogen-bond acceptors (Lipinski definition) is 2. The van der Waals surface area contributed by atoms with Crippen LogP contribution in [0.2, 0.25) is 0 Å². The molecule has 0 aromatic heterocycles. The van der Waals surface area contributed by atoms with Crippen molar-refractivity contribution in [1.29, 1.82) is 0 Å². The number of rotatable bonds is 4. The van der Waals surface area contributed by atoms with Gasteiger partial charge in [0.25, 0.3) is 0 Å². The predicted octanol–water partition coefficient (Wildman–Crippen LogP) is 1.47. The van der Waals surface area contributed by atoms with Crippen LogP contribution in [0.15, 0.2) is 30.3 Å². The molecule has 1 unspecified atom stereocenters. The standard InChI is InChI=1S/C11H12O3/c12-10(13)11(8-14-11)7-6-9-4-2-1-3-5-9/h1-5H,6-8H2,(H,12,13). The molecule has 0 aliphatic carbocycles. The van der Waals surface area contributed by atoms with Crippen molar-refractivity contribution in [3.8, 4) is 0 Å². The second-order valence-electron chi connectivity index (χ2n) is 3.57. The maximum atomic E-state index is 10.8. The third-order valence-corrected chi connectivity index (χ3v) is 2.54. The van der Waals surface area contributed by atoms with Gasteiger partial charge in [-0.25, -0.2) is 4.79 Å². The fourth-order valence-electron chi connectivity index (χ4n) is 1.45. The van der Waals surface area contributed by atoms with Gasteiger partial charge in [0.1, 0.15) is 0 Å². The van der Waals surface area contributed by atoms with E-state index in [1.807, 2.05) is 30.3 Å². The molecule has 3 nitrogen and oxygen atoms in total. The summed E-state index contributed by atoms with van der Waals surface area (Å²) in [6.45, 7) is 0.356. The Morgan fingerprint density at radius 3 is 2.57 bits per heavy atom. The first-order chi connectivity index (χ1) is 6.73. The molecule has 0 radical (unpaired) electrons. The molecule has 1 atom stereocenters. The summed E-state index contributed by atoms with van der Waals surface area (Å²) in [5.41, 5.74) is 0.277. The van der Waals surface area contributed by atoms with Gasteiger partial charge < -0.3 is 9.84 Å². The molecule has 74 valence electrons. The van der Waals surface area contributed by atoms with Crippen LogP contribution in [0.4, 0.5) is 0 Å². The minimum atomic E-state index is -0.879. The lowest BCUT2D eigenvalue weighted by atomic mass is 10.0. The molecule has 1 aromatic carbocycles. The quantitative estimate of drug-likeness (QED) is 0.735.